The normalized spacial score (nSPS) is 11.7. The highest BCUT2D eigenvalue weighted by molar-refractivity contribution is 5.97. The van der Waals surface area contributed by atoms with Gasteiger partial charge in [0.2, 0.25) is 0 Å². The third kappa shape index (κ3) is 3.84. The molecule has 1 aromatic carbocycles. The number of rotatable bonds is 6. The molecule has 1 unspecified atom stereocenters. The number of hydrogen-bond donors (Lipinski definition) is 0. The lowest BCUT2D eigenvalue weighted by Crippen LogP contribution is -2.07. The number of carbonyl (C=O) groups excluding carboxylic acids is 2. The van der Waals surface area contributed by atoms with E-state index in [2.05, 4.69) is 6.58 Å². The van der Waals surface area contributed by atoms with Crippen LogP contribution in [0.3, 0.4) is 0 Å². The number of benzene rings is 1. The fourth-order valence-electron chi connectivity index (χ4n) is 1.50. The molecule has 0 amide bonds. The quantitative estimate of drug-likeness (QED) is 0.439. The summed E-state index contributed by atoms with van der Waals surface area (Å²) in [5.41, 5.74) is 1.07. The molecule has 1 atom stereocenters. The van der Waals surface area contributed by atoms with E-state index >= 15 is 0 Å². The van der Waals surface area contributed by atoms with E-state index in [1.54, 1.807) is 37.3 Å². The lowest BCUT2D eigenvalue weighted by Gasteiger charge is -2.06. The zero-order valence-electron chi connectivity index (χ0n) is 10.8. The summed E-state index contributed by atoms with van der Waals surface area (Å²) in [7, 11) is 0. The Labute approximate surface area is 107 Å². The summed E-state index contributed by atoms with van der Waals surface area (Å²) in [6, 6.07) is 6.54. The molecule has 0 N–H and O–H groups in total. The van der Waals surface area contributed by atoms with Gasteiger partial charge in [0.15, 0.2) is 5.78 Å². The van der Waals surface area contributed by atoms with Crippen molar-refractivity contribution in [2.24, 2.45) is 5.92 Å². The number of carbonyl (C=O) groups is 2. The van der Waals surface area contributed by atoms with Crippen LogP contribution in [0.15, 0.2) is 36.9 Å². The van der Waals surface area contributed by atoms with Crippen molar-refractivity contribution in [1.29, 1.82) is 0 Å². The first kappa shape index (κ1) is 14.2. The van der Waals surface area contributed by atoms with E-state index in [0.717, 1.165) is 0 Å². The zero-order valence-corrected chi connectivity index (χ0v) is 10.8. The largest absolute Gasteiger partial charge is 0.462 e. The first-order valence-electron chi connectivity index (χ1n) is 6.01. The van der Waals surface area contributed by atoms with Crippen LogP contribution in [-0.4, -0.2) is 18.4 Å². The van der Waals surface area contributed by atoms with E-state index in [0.29, 0.717) is 24.2 Å². The van der Waals surface area contributed by atoms with Gasteiger partial charge in [0.05, 0.1) is 12.2 Å². The Morgan fingerprint density at radius 1 is 1.28 bits per heavy atom. The lowest BCUT2D eigenvalue weighted by molar-refractivity contribution is 0.0526. The molecule has 0 saturated carbocycles. The van der Waals surface area contributed by atoms with Gasteiger partial charge in [-0.05, 0) is 25.0 Å². The van der Waals surface area contributed by atoms with Crippen molar-refractivity contribution in [3.05, 3.63) is 48.0 Å². The van der Waals surface area contributed by atoms with Crippen molar-refractivity contribution in [3.63, 3.8) is 0 Å². The van der Waals surface area contributed by atoms with Crippen LogP contribution in [0.5, 0.6) is 0 Å². The summed E-state index contributed by atoms with van der Waals surface area (Å²) in [6.07, 6.45) is 2.19. The van der Waals surface area contributed by atoms with Crippen LogP contribution in [0.4, 0.5) is 0 Å². The number of allylic oxidation sites excluding steroid dienone is 1. The van der Waals surface area contributed by atoms with E-state index < -0.39 is 0 Å². The summed E-state index contributed by atoms with van der Waals surface area (Å²) in [4.78, 5) is 23.3. The van der Waals surface area contributed by atoms with Gasteiger partial charge in [-0.2, -0.15) is 0 Å². The summed E-state index contributed by atoms with van der Waals surface area (Å²) in [5, 5.41) is 0. The van der Waals surface area contributed by atoms with Crippen molar-refractivity contribution in [2.75, 3.05) is 6.61 Å². The second-order valence-electron chi connectivity index (χ2n) is 4.14. The summed E-state index contributed by atoms with van der Waals surface area (Å²) in [6.45, 7) is 7.69. The number of esters is 1. The van der Waals surface area contributed by atoms with E-state index in [9.17, 15) is 9.59 Å². The Balaban J connectivity index is 2.73. The van der Waals surface area contributed by atoms with Gasteiger partial charge < -0.3 is 4.74 Å². The fraction of sp³-hybridized carbons (Fsp3) is 0.333. The Morgan fingerprint density at radius 2 is 1.83 bits per heavy atom. The standard InChI is InChI=1S/C15H18O3/c1-4-11(3)10-14(16)12-6-8-13(9-7-12)15(17)18-5-2/h4,6-9,11H,1,5,10H2,2-3H3. The molecule has 18 heavy (non-hydrogen) atoms. The molecule has 96 valence electrons. The highest BCUT2D eigenvalue weighted by Gasteiger charge is 2.11. The Kier molecular flexibility index (Phi) is 5.31. The first-order chi connectivity index (χ1) is 8.58. The lowest BCUT2D eigenvalue weighted by atomic mass is 9.99. The molecule has 0 saturated heterocycles. The molecule has 0 aliphatic heterocycles. The fourth-order valence-corrected chi connectivity index (χ4v) is 1.50. The average molecular weight is 246 g/mol. The van der Waals surface area contributed by atoms with Crippen molar-refractivity contribution in [2.45, 2.75) is 20.3 Å². The molecular weight excluding hydrogens is 228 g/mol. The van der Waals surface area contributed by atoms with Crippen molar-refractivity contribution in [3.8, 4) is 0 Å². The molecule has 0 fully saturated rings. The molecule has 1 rings (SSSR count). The molecule has 0 spiro atoms. The number of ether oxygens (including phenoxy) is 1. The summed E-state index contributed by atoms with van der Waals surface area (Å²) in [5.74, 6) is -0.156. The predicted molar refractivity (Wildman–Crippen MR) is 70.7 cm³/mol. The van der Waals surface area contributed by atoms with Gasteiger partial charge in [0.25, 0.3) is 0 Å². The first-order valence-corrected chi connectivity index (χ1v) is 6.01. The number of hydrogen-bond acceptors (Lipinski definition) is 3. The van der Waals surface area contributed by atoms with Crippen LogP contribution in [0, 0.1) is 5.92 Å². The molecule has 0 aromatic heterocycles. The monoisotopic (exact) mass is 246 g/mol. The van der Waals surface area contributed by atoms with Gasteiger partial charge in [-0.1, -0.05) is 25.1 Å². The third-order valence-electron chi connectivity index (χ3n) is 2.63. The topological polar surface area (TPSA) is 43.4 Å². The molecule has 0 aliphatic rings. The van der Waals surface area contributed by atoms with Crippen LogP contribution < -0.4 is 0 Å². The average Bonchev–Trinajstić information content (AvgIpc) is 2.39. The maximum atomic E-state index is 11.9. The van der Waals surface area contributed by atoms with Gasteiger partial charge in [-0.15, -0.1) is 6.58 Å². The van der Waals surface area contributed by atoms with Crippen LogP contribution in [0.1, 0.15) is 41.0 Å². The van der Waals surface area contributed by atoms with Crippen LogP contribution in [0.25, 0.3) is 0 Å². The number of Topliss-reactive ketones (excluding diaryl/α,β-unsaturated/α-hetero) is 1. The minimum Gasteiger partial charge on any atom is -0.462 e. The minimum absolute atomic E-state index is 0.0535. The maximum absolute atomic E-state index is 11.9. The molecule has 1 aromatic rings. The SMILES string of the molecule is C=CC(C)CC(=O)c1ccc(C(=O)OCC)cc1. The van der Waals surface area contributed by atoms with Gasteiger partial charge in [0.1, 0.15) is 0 Å². The molecule has 3 heteroatoms. The molecule has 0 radical (unpaired) electrons. The molecule has 0 heterocycles. The molecule has 0 bridgehead atoms. The van der Waals surface area contributed by atoms with Crippen molar-refractivity contribution in [1.82, 2.24) is 0 Å². The smallest absolute Gasteiger partial charge is 0.338 e. The van der Waals surface area contributed by atoms with Crippen molar-refractivity contribution < 1.29 is 14.3 Å². The minimum atomic E-state index is -0.365. The zero-order chi connectivity index (χ0) is 13.5. The van der Waals surface area contributed by atoms with Crippen LogP contribution in [-0.2, 0) is 4.74 Å². The third-order valence-corrected chi connectivity index (χ3v) is 2.63. The van der Waals surface area contributed by atoms with E-state index in [1.807, 2.05) is 6.92 Å². The van der Waals surface area contributed by atoms with Gasteiger partial charge >= 0.3 is 5.97 Å². The molecule has 3 nitrogen and oxygen atoms in total. The number of ketones is 1. The molecule has 0 aliphatic carbocycles. The highest BCUT2D eigenvalue weighted by Crippen LogP contribution is 2.12. The van der Waals surface area contributed by atoms with E-state index in [-0.39, 0.29) is 17.7 Å². The second-order valence-corrected chi connectivity index (χ2v) is 4.14. The van der Waals surface area contributed by atoms with Crippen molar-refractivity contribution >= 4 is 11.8 Å². The van der Waals surface area contributed by atoms with E-state index in [1.165, 1.54) is 0 Å². The molecular formula is C15H18O3. The predicted octanol–water partition coefficient (Wildman–Crippen LogP) is 3.26. The highest BCUT2D eigenvalue weighted by atomic mass is 16.5. The maximum Gasteiger partial charge on any atom is 0.338 e. The van der Waals surface area contributed by atoms with Gasteiger partial charge in [0, 0.05) is 12.0 Å². The van der Waals surface area contributed by atoms with E-state index in [4.69, 9.17) is 4.74 Å². The Bertz CT molecular complexity index is 432. The van der Waals surface area contributed by atoms with Gasteiger partial charge in [-0.25, -0.2) is 4.79 Å². The van der Waals surface area contributed by atoms with Gasteiger partial charge in [-0.3, -0.25) is 4.79 Å². The van der Waals surface area contributed by atoms with Crippen LogP contribution in [0.2, 0.25) is 0 Å². The van der Waals surface area contributed by atoms with Crippen LogP contribution >= 0.6 is 0 Å². The Hall–Kier alpha value is -1.90. The second kappa shape index (κ2) is 6.74. The Morgan fingerprint density at radius 3 is 2.33 bits per heavy atom. The summed E-state index contributed by atoms with van der Waals surface area (Å²) >= 11 is 0. The summed E-state index contributed by atoms with van der Waals surface area (Å²) < 4.78 is 4.87.